The predicted octanol–water partition coefficient (Wildman–Crippen LogP) is 5.10. The molecule has 0 fully saturated rings. The van der Waals surface area contributed by atoms with Gasteiger partial charge in [0.25, 0.3) is 0 Å². The Kier molecular flexibility index (Phi) is 3.31. The van der Waals surface area contributed by atoms with Crippen molar-refractivity contribution in [1.29, 1.82) is 0 Å². The van der Waals surface area contributed by atoms with Crippen LogP contribution >= 0.6 is 0 Å². The second-order valence-corrected chi connectivity index (χ2v) is 8.84. The molecule has 18 heavy (non-hydrogen) atoms. The molecule has 0 amide bonds. The SMILES string of the molecule is CC1=C(C)C([Si](C)C)c2c(C)c(C)c(C)c(C)c21. The van der Waals surface area contributed by atoms with Crippen molar-refractivity contribution in [3.05, 3.63) is 39.0 Å². The van der Waals surface area contributed by atoms with E-state index >= 15 is 0 Å². The third-order valence-electron chi connectivity index (χ3n) is 5.00. The molecule has 0 aliphatic heterocycles. The lowest BCUT2D eigenvalue weighted by atomic mass is 9.88. The molecule has 1 radical (unpaired) electrons. The maximum absolute atomic E-state index is 2.45. The van der Waals surface area contributed by atoms with Gasteiger partial charge in [0.2, 0.25) is 0 Å². The summed E-state index contributed by atoms with van der Waals surface area (Å²) >= 11 is 0. The van der Waals surface area contributed by atoms with Crippen LogP contribution in [-0.4, -0.2) is 8.80 Å². The monoisotopic (exact) mass is 257 g/mol. The van der Waals surface area contributed by atoms with Crippen LogP contribution in [0.2, 0.25) is 13.1 Å². The Morgan fingerprint density at radius 3 is 1.72 bits per heavy atom. The molecular formula is C17H25Si. The maximum atomic E-state index is 2.45. The topological polar surface area (TPSA) is 0 Å². The first-order valence-electron chi connectivity index (χ1n) is 6.87. The Hall–Kier alpha value is -0.823. The van der Waals surface area contributed by atoms with E-state index in [2.05, 4.69) is 54.6 Å². The highest BCUT2D eigenvalue weighted by atomic mass is 28.3. The summed E-state index contributed by atoms with van der Waals surface area (Å²) in [5.41, 5.74) is 13.2. The van der Waals surface area contributed by atoms with Crippen LogP contribution in [0.1, 0.15) is 52.8 Å². The fourth-order valence-electron chi connectivity index (χ4n) is 3.54. The molecular weight excluding hydrogens is 232 g/mol. The van der Waals surface area contributed by atoms with Crippen molar-refractivity contribution in [3.63, 3.8) is 0 Å². The zero-order valence-corrected chi connectivity index (χ0v) is 14.1. The second-order valence-electron chi connectivity index (χ2n) is 6.11. The fourth-order valence-corrected chi connectivity index (χ4v) is 5.56. The van der Waals surface area contributed by atoms with Gasteiger partial charge in [-0.25, -0.2) is 0 Å². The van der Waals surface area contributed by atoms with E-state index in [1.165, 1.54) is 16.7 Å². The molecule has 2 rings (SSSR count). The summed E-state index contributed by atoms with van der Waals surface area (Å²) in [6.45, 7) is 18.8. The van der Waals surface area contributed by atoms with Gasteiger partial charge in [0, 0.05) is 0 Å². The number of rotatable bonds is 1. The molecule has 1 aliphatic carbocycles. The largest absolute Gasteiger partial charge is 0.0705 e. The Balaban J connectivity index is 2.85. The van der Waals surface area contributed by atoms with Crippen LogP contribution in [-0.2, 0) is 0 Å². The van der Waals surface area contributed by atoms with E-state index in [0.29, 0.717) is 0 Å². The third-order valence-corrected chi connectivity index (χ3v) is 6.88. The van der Waals surface area contributed by atoms with Crippen molar-refractivity contribution < 1.29 is 0 Å². The van der Waals surface area contributed by atoms with Gasteiger partial charge >= 0.3 is 0 Å². The molecule has 1 heteroatoms. The van der Waals surface area contributed by atoms with Gasteiger partial charge in [-0.1, -0.05) is 18.7 Å². The van der Waals surface area contributed by atoms with Crippen LogP contribution in [0.5, 0.6) is 0 Å². The lowest BCUT2D eigenvalue weighted by molar-refractivity contribution is 1.05. The Bertz CT molecular complexity index is 547. The summed E-state index contributed by atoms with van der Waals surface area (Å²) in [5, 5.41) is 0. The van der Waals surface area contributed by atoms with Gasteiger partial charge in [-0.3, -0.25) is 0 Å². The number of fused-ring (bicyclic) bond motifs is 1. The first-order chi connectivity index (χ1) is 8.29. The Morgan fingerprint density at radius 1 is 0.722 bits per heavy atom. The highest BCUT2D eigenvalue weighted by Gasteiger charge is 2.33. The van der Waals surface area contributed by atoms with Gasteiger partial charge in [0.15, 0.2) is 0 Å². The van der Waals surface area contributed by atoms with Crippen LogP contribution in [0.4, 0.5) is 0 Å². The first kappa shape index (κ1) is 13.6. The highest BCUT2D eigenvalue weighted by Crippen LogP contribution is 2.47. The third kappa shape index (κ3) is 1.64. The van der Waals surface area contributed by atoms with E-state index in [-0.39, 0.29) is 8.80 Å². The smallest absolute Gasteiger partial charge is 0.0552 e. The Morgan fingerprint density at radius 2 is 1.22 bits per heavy atom. The molecule has 97 valence electrons. The van der Waals surface area contributed by atoms with Crippen molar-refractivity contribution in [2.45, 2.75) is 60.2 Å². The molecule has 0 aromatic heterocycles. The van der Waals surface area contributed by atoms with Gasteiger partial charge in [-0.05, 0) is 86.0 Å². The normalized spacial score (nSPS) is 18.8. The zero-order valence-electron chi connectivity index (χ0n) is 13.1. The quantitative estimate of drug-likeness (QED) is 0.614. The molecule has 1 aromatic carbocycles. The van der Waals surface area contributed by atoms with E-state index in [0.717, 1.165) is 5.54 Å². The molecule has 0 nitrogen and oxygen atoms in total. The molecule has 0 heterocycles. The van der Waals surface area contributed by atoms with Gasteiger partial charge in [-0.15, -0.1) is 0 Å². The Labute approximate surface area is 114 Å². The molecule has 1 aliphatic rings. The van der Waals surface area contributed by atoms with Gasteiger partial charge in [0.1, 0.15) is 0 Å². The number of hydrogen-bond donors (Lipinski definition) is 0. The van der Waals surface area contributed by atoms with E-state index in [9.17, 15) is 0 Å². The standard InChI is InChI=1S/C17H25Si/c1-9-10(2)12(4)16-15(11(9)3)13(5)14(6)17(16)18(7)8/h17H,1-8H3. The van der Waals surface area contributed by atoms with E-state index in [1.807, 2.05) is 0 Å². The van der Waals surface area contributed by atoms with Gasteiger partial charge in [0.05, 0.1) is 8.80 Å². The molecule has 0 saturated carbocycles. The summed E-state index contributed by atoms with van der Waals surface area (Å²) in [5.74, 6) is 0. The van der Waals surface area contributed by atoms with Crippen LogP contribution in [0.15, 0.2) is 5.57 Å². The molecule has 0 spiro atoms. The summed E-state index contributed by atoms with van der Waals surface area (Å²) in [6, 6.07) is 0. The van der Waals surface area contributed by atoms with Crippen molar-refractivity contribution in [3.8, 4) is 0 Å². The van der Waals surface area contributed by atoms with Crippen LogP contribution in [0, 0.1) is 27.7 Å². The van der Waals surface area contributed by atoms with Crippen molar-refractivity contribution in [1.82, 2.24) is 0 Å². The molecule has 0 bridgehead atoms. The van der Waals surface area contributed by atoms with Crippen molar-refractivity contribution >= 4 is 14.4 Å². The van der Waals surface area contributed by atoms with Gasteiger partial charge < -0.3 is 0 Å². The lowest BCUT2D eigenvalue weighted by Gasteiger charge is -2.23. The minimum Gasteiger partial charge on any atom is -0.0705 e. The number of hydrogen-bond acceptors (Lipinski definition) is 0. The molecule has 1 atom stereocenters. The lowest BCUT2D eigenvalue weighted by Crippen LogP contribution is -2.17. The average molecular weight is 257 g/mol. The molecule has 1 aromatic rings. The van der Waals surface area contributed by atoms with Crippen LogP contribution < -0.4 is 0 Å². The number of allylic oxidation sites excluding steroid dienone is 2. The zero-order chi connectivity index (χ0) is 13.8. The molecule has 1 unspecified atom stereocenters. The second kappa shape index (κ2) is 4.38. The van der Waals surface area contributed by atoms with Crippen LogP contribution in [0.25, 0.3) is 5.57 Å². The molecule has 0 N–H and O–H groups in total. The molecule has 0 saturated heterocycles. The number of benzene rings is 1. The van der Waals surface area contributed by atoms with Crippen molar-refractivity contribution in [2.24, 2.45) is 0 Å². The van der Waals surface area contributed by atoms with Crippen molar-refractivity contribution in [2.75, 3.05) is 0 Å². The highest BCUT2D eigenvalue weighted by molar-refractivity contribution is 6.59. The van der Waals surface area contributed by atoms with Crippen LogP contribution in [0.3, 0.4) is 0 Å². The predicted molar refractivity (Wildman–Crippen MR) is 83.9 cm³/mol. The maximum Gasteiger partial charge on any atom is 0.0552 e. The van der Waals surface area contributed by atoms with E-state index in [4.69, 9.17) is 0 Å². The average Bonchev–Trinajstić information content (AvgIpc) is 2.57. The van der Waals surface area contributed by atoms with E-state index in [1.54, 1.807) is 27.8 Å². The minimum absolute atomic E-state index is 0.331. The van der Waals surface area contributed by atoms with Gasteiger partial charge in [-0.2, -0.15) is 0 Å². The summed E-state index contributed by atoms with van der Waals surface area (Å²) in [6.07, 6.45) is 0. The summed E-state index contributed by atoms with van der Waals surface area (Å²) in [7, 11) is -0.331. The van der Waals surface area contributed by atoms with E-state index < -0.39 is 0 Å². The fraction of sp³-hybridized carbons (Fsp3) is 0.529. The summed E-state index contributed by atoms with van der Waals surface area (Å²) < 4.78 is 0. The minimum atomic E-state index is -0.331. The summed E-state index contributed by atoms with van der Waals surface area (Å²) in [4.78, 5) is 0. The first-order valence-corrected chi connectivity index (χ1v) is 9.44.